The molecule has 0 atom stereocenters. The summed E-state index contributed by atoms with van der Waals surface area (Å²) in [6.45, 7) is 8.97. The summed E-state index contributed by atoms with van der Waals surface area (Å²) in [5.74, 6) is 0. The summed E-state index contributed by atoms with van der Waals surface area (Å²) in [5.41, 5.74) is 2.97. The summed E-state index contributed by atoms with van der Waals surface area (Å²) in [4.78, 5) is 0. The molecular weight excluding hydrogens is 236 g/mol. The van der Waals surface area contributed by atoms with Crippen LogP contribution in [0.2, 0.25) is 0 Å². The number of fused-ring (bicyclic) bond motifs is 3. The minimum atomic E-state index is 0.215. The second-order valence-corrected chi connectivity index (χ2v) is 7.15. The number of thiophene rings is 1. The van der Waals surface area contributed by atoms with Gasteiger partial charge in [0, 0.05) is 20.2 Å². The second kappa shape index (κ2) is 3.83. The van der Waals surface area contributed by atoms with Gasteiger partial charge in [0.2, 0.25) is 0 Å². The predicted molar refractivity (Wildman–Crippen MR) is 82.8 cm³/mol. The third-order valence-electron chi connectivity index (χ3n) is 3.49. The van der Waals surface area contributed by atoms with E-state index in [0.717, 1.165) is 0 Å². The van der Waals surface area contributed by atoms with Gasteiger partial charge < -0.3 is 0 Å². The van der Waals surface area contributed by atoms with E-state index in [2.05, 4.69) is 64.1 Å². The Bertz CT molecular complexity index is 726. The summed E-state index contributed by atoms with van der Waals surface area (Å²) < 4.78 is 2.79. The number of rotatable bonds is 0. The maximum atomic E-state index is 2.36. The smallest absolute Gasteiger partial charge is 0.0358 e. The lowest BCUT2D eigenvalue weighted by atomic mass is 9.86. The largest absolute Gasteiger partial charge is 0.135 e. The molecule has 0 saturated heterocycles. The summed E-state index contributed by atoms with van der Waals surface area (Å²) in [6, 6.07) is 13.7. The molecule has 0 fully saturated rings. The van der Waals surface area contributed by atoms with Crippen molar-refractivity contribution in [1.29, 1.82) is 0 Å². The summed E-state index contributed by atoms with van der Waals surface area (Å²) >= 11 is 1.90. The SMILES string of the molecule is Cc1ccc2c(c1)sc1ccc(C(C)(C)C)cc12. The normalized spacial score (nSPS) is 12.4. The van der Waals surface area contributed by atoms with E-state index >= 15 is 0 Å². The molecule has 0 saturated carbocycles. The minimum Gasteiger partial charge on any atom is -0.135 e. The maximum absolute atomic E-state index is 2.36. The highest BCUT2D eigenvalue weighted by atomic mass is 32.1. The number of benzene rings is 2. The lowest BCUT2D eigenvalue weighted by molar-refractivity contribution is 0.591. The van der Waals surface area contributed by atoms with Crippen LogP contribution in [0.15, 0.2) is 36.4 Å². The van der Waals surface area contributed by atoms with Crippen LogP contribution in [0.25, 0.3) is 20.2 Å². The predicted octanol–water partition coefficient (Wildman–Crippen LogP) is 5.66. The van der Waals surface area contributed by atoms with Gasteiger partial charge in [0.05, 0.1) is 0 Å². The van der Waals surface area contributed by atoms with Gasteiger partial charge in [-0.05, 0) is 41.7 Å². The Balaban J connectivity index is 2.36. The highest BCUT2D eigenvalue weighted by Crippen LogP contribution is 2.36. The van der Waals surface area contributed by atoms with Crippen molar-refractivity contribution in [3.05, 3.63) is 47.5 Å². The third kappa shape index (κ3) is 1.83. The van der Waals surface area contributed by atoms with Gasteiger partial charge in [-0.25, -0.2) is 0 Å². The summed E-state index contributed by atoms with van der Waals surface area (Å²) in [5, 5.41) is 2.80. The van der Waals surface area contributed by atoms with Gasteiger partial charge in [-0.15, -0.1) is 11.3 Å². The first-order valence-corrected chi connectivity index (χ1v) is 7.20. The maximum Gasteiger partial charge on any atom is 0.0358 e. The van der Waals surface area contributed by atoms with Crippen LogP contribution in [0.3, 0.4) is 0 Å². The molecule has 1 aromatic heterocycles. The molecule has 3 rings (SSSR count). The second-order valence-electron chi connectivity index (χ2n) is 6.06. The summed E-state index contributed by atoms with van der Waals surface area (Å²) in [7, 11) is 0. The summed E-state index contributed by atoms with van der Waals surface area (Å²) in [6.07, 6.45) is 0. The Morgan fingerprint density at radius 3 is 2.33 bits per heavy atom. The fourth-order valence-corrected chi connectivity index (χ4v) is 3.54. The van der Waals surface area contributed by atoms with Gasteiger partial charge in [0.15, 0.2) is 0 Å². The van der Waals surface area contributed by atoms with Gasteiger partial charge in [-0.3, -0.25) is 0 Å². The Morgan fingerprint density at radius 1 is 0.833 bits per heavy atom. The van der Waals surface area contributed by atoms with Crippen molar-refractivity contribution in [2.75, 3.05) is 0 Å². The van der Waals surface area contributed by atoms with Crippen LogP contribution < -0.4 is 0 Å². The lowest BCUT2D eigenvalue weighted by Crippen LogP contribution is -2.10. The molecule has 0 unspecified atom stereocenters. The third-order valence-corrected chi connectivity index (χ3v) is 4.63. The van der Waals surface area contributed by atoms with Crippen molar-refractivity contribution in [3.63, 3.8) is 0 Å². The molecule has 18 heavy (non-hydrogen) atoms. The van der Waals surface area contributed by atoms with E-state index in [1.165, 1.54) is 31.3 Å². The van der Waals surface area contributed by atoms with Crippen molar-refractivity contribution >= 4 is 31.5 Å². The monoisotopic (exact) mass is 254 g/mol. The van der Waals surface area contributed by atoms with E-state index in [-0.39, 0.29) is 5.41 Å². The Hall–Kier alpha value is -1.34. The minimum absolute atomic E-state index is 0.215. The fourth-order valence-electron chi connectivity index (χ4n) is 2.35. The molecule has 3 aromatic rings. The average Bonchev–Trinajstić information content (AvgIpc) is 2.63. The van der Waals surface area contributed by atoms with Crippen LogP contribution in [0.4, 0.5) is 0 Å². The molecule has 0 N–H and O–H groups in total. The van der Waals surface area contributed by atoms with Crippen molar-refractivity contribution in [2.24, 2.45) is 0 Å². The topological polar surface area (TPSA) is 0 Å². The zero-order valence-electron chi connectivity index (χ0n) is 11.4. The van der Waals surface area contributed by atoms with Crippen molar-refractivity contribution in [3.8, 4) is 0 Å². The lowest BCUT2D eigenvalue weighted by Gasteiger charge is -2.18. The van der Waals surface area contributed by atoms with Crippen LogP contribution in [0.1, 0.15) is 31.9 Å². The molecule has 92 valence electrons. The fraction of sp³-hybridized carbons (Fsp3) is 0.294. The van der Waals surface area contributed by atoms with E-state index in [4.69, 9.17) is 0 Å². The van der Waals surface area contributed by atoms with E-state index < -0.39 is 0 Å². The number of hydrogen-bond donors (Lipinski definition) is 0. The standard InChI is InChI=1S/C17H18S/c1-11-5-7-13-14-10-12(17(2,3)4)6-8-15(14)18-16(13)9-11/h5-10H,1-4H3. The molecular formula is C17H18S. The first-order valence-electron chi connectivity index (χ1n) is 6.38. The van der Waals surface area contributed by atoms with E-state index in [1.807, 2.05) is 11.3 Å². The Kier molecular flexibility index (Phi) is 2.49. The van der Waals surface area contributed by atoms with Gasteiger partial charge in [0.25, 0.3) is 0 Å². The van der Waals surface area contributed by atoms with E-state index in [9.17, 15) is 0 Å². The van der Waals surface area contributed by atoms with Gasteiger partial charge in [-0.1, -0.05) is 39.0 Å². The molecule has 0 aliphatic rings. The molecule has 0 spiro atoms. The zero-order valence-corrected chi connectivity index (χ0v) is 12.2. The van der Waals surface area contributed by atoms with Crippen LogP contribution in [-0.4, -0.2) is 0 Å². The van der Waals surface area contributed by atoms with E-state index in [1.54, 1.807) is 0 Å². The van der Waals surface area contributed by atoms with Crippen molar-refractivity contribution in [1.82, 2.24) is 0 Å². The van der Waals surface area contributed by atoms with Crippen molar-refractivity contribution < 1.29 is 0 Å². The molecule has 0 aliphatic heterocycles. The Morgan fingerprint density at radius 2 is 1.61 bits per heavy atom. The highest BCUT2D eigenvalue weighted by molar-refractivity contribution is 7.25. The molecule has 2 aromatic carbocycles. The van der Waals surface area contributed by atoms with Crippen molar-refractivity contribution in [2.45, 2.75) is 33.1 Å². The molecule has 0 bridgehead atoms. The van der Waals surface area contributed by atoms with Crippen LogP contribution in [0, 0.1) is 6.92 Å². The van der Waals surface area contributed by atoms with Crippen LogP contribution in [0.5, 0.6) is 0 Å². The zero-order chi connectivity index (χ0) is 12.9. The Labute approximate surface area is 112 Å². The molecule has 0 nitrogen and oxygen atoms in total. The van der Waals surface area contributed by atoms with Crippen LogP contribution in [-0.2, 0) is 5.41 Å². The molecule has 0 radical (unpaired) electrons. The first kappa shape index (κ1) is 11.7. The quantitative estimate of drug-likeness (QED) is 0.485. The van der Waals surface area contributed by atoms with E-state index in [0.29, 0.717) is 0 Å². The van der Waals surface area contributed by atoms with Gasteiger partial charge >= 0.3 is 0 Å². The molecule has 0 aliphatic carbocycles. The van der Waals surface area contributed by atoms with Gasteiger partial charge in [-0.2, -0.15) is 0 Å². The first-order chi connectivity index (χ1) is 8.45. The van der Waals surface area contributed by atoms with Gasteiger partial charge in [0.1, 0.15) is 0 Å². The number of aryl methyl sites for hydroxylation is 1. The van der Waals surface area contributed by atoms with Crippen LogP contribution >= 0.6 is 11.3 Å². The average molecular weight is 254 g/mol. The number of hydrogen-bond acceptors (Lipinski definition) is 1. The molecule has 1 heteroatoms. The molecule has 1 heterocycles. The molecule has 0 amide bonds. The highest BCUT2D eigenvalue weighted by Gasteiger charge is 2.15.